The minimum Gasteiger partial charge on any atom is -0.354 e. The zero-order valence-corrected chi connectivity index (χ0v) is 17.9. The number of aryl methyl sites for hydroxylation is 1. The number of imidazole rings is 1. The number of benzene rings is 3. The lowest BCUT2D eigenvalue weighted by Gasteiger charge is -2.11. The molecule has 0 saturated heterocycles. The molecular weight excluding hydrogens is 415 g/mol. The smallest absolute Gasteiger partial charge is 0.224 e. The van der Waals surface area contributed by atoms with Gasteiger partial charge in [-0.3, -0.25) is 4.57 Å². The molecule has 6 nitrogen and oxygen atoms in total. The number of nitrogens with one attached hydrogen (secondary N) is 2. The van der Waals surface area contributed by atoms with Gasteiger partial charge in [0.25, 0.3) is 0 Å². The SMILES string of the molecule is Fc1ccccc1Nc1nc2cnc(NCCCc3ccccc3)nc2n1-c1ccccc1. The van der Waals surface area contributed by atoms with Crippen LogP contribution in [-0.4, -0.2) is 26.1 Å². The molecule has 0 spiro atoms. The van der Waals surface area contributed by atoms with E-state index in [1.54, 1.807) is 24.4 Å². The van der Waals surface area contributed by atoms with Crippen molar-refractivity contribution in [1.82, 2.24) is 19.5 Å². The van der Waals surface area contributed by atoms with Gasteiger partial charge in [0.2, 0.25) is 11.9 Å². The van der Waals surface area contributed by atoms with E-state index < -0.39 is 0 Å². The van der Waals surface area contributed by atoms with Crippen LogP contribution in [0.3, 0.4) is 0 Å². The van der Waals surface area contributed by atoms with Gasteiger partial charge in [0.15, 0.2) is 5.65 Å². The monoisotopic (exact) mass is 438 g/mol. The zero-order chi connectivity index (χ0) is 22.5. The molecule has 2 heterocycles. The van der Waals surface area contributed by atoms with Crippen LogP contribution in [0.15, 0.2) is 91.1 Å². The maximum atomic E-state index is 14.3. The molecule has 0 fully saturated rings. The second-order valence-corrected chi connectivity index (χ2v) is 7.63. The molecule has 2 N–H and O–H groups in total. The summed E-state index contributed by atoms with van der Waals surface area (Å²) in [6.07, 6.45) is 3.63. The van der Waals surface area contributed by atoms with E-state index in [1.165, 1.54) is 11.6 Å². The molecule has 0 bridgehead atoms. The minimum absolute atomic E-state index is 0.345. The Bertz CT molecular complexity index is 1350. The Balaban J connectivity index is 1.43. The van der Waals surface area contributed by atoms with E-state index in [0.717, 1.165) is 25.1 Å². The van der Waals surface area contributed by atoms with E-state index in [-0.39, 0.29) is 5.82 Å². The highest BCUT2D eigenvalue weighted by Crippen LogP contribution is 2.27. The fourth-order valence-corrected chi connectivity index (χ4v) is 3.69. The van der Waals surface area contributed by atoms with Crippen LogP contribution in [0, 0.1) is 5.82 Å². The van der Waals surface area contributed by atoms with E-state index in [1.807, 2.05) is 41.0 Å². The lowest BCUT2D eigenvalue weighted by Crippen LogP contribution is -2.07. The Morgan fingerprint density at radius 3 is 2.33 bits per heavy atom. The lowest BCUT2D eigenvalue weighted by atomic mass is 10.1. The average Bonchev–Trinajstić information content (AvgIpc) is 3.21. The normalized spacial score (nSPS) is 10.9. The van der Waals surface area contributed by atoms with Crippen molar-refractivity contribution in [2.24, 2.45) is 0 Å². The summed E-state index contributed by atoms with van der Waals surface area (Å²) in [6, 6.07) is 26.7. The van der Waals surface area contributed by atoms with Crippen molar-refractivity contribution in [3.63, 3.8) is 0 Å². The standard InChI is InChI=1S/C26H23FN6/c27-21-15-7-8-16-22(21)30-26-31-23-18-29-25(28-17-9-12-19-10-3-1-4-11-19)32-24(23)33(26)20-13-5-2-6-14-20/h1-8,10-11,13-16,18H,9,12,17H2,(H,30,31)(H,28,29,32). The summed E-state index contributed by atoms with van der Waals surface area (Å²) in [5, 5.41) is 6.42. The molecule has 5 aromatic rings. The first-order valence-electron chi connectivity index (χ1n) is 10.9. The predicted molar refractivity (Wildman–Crippen MR) is 130 cm³/mol. The number of rotatable bonds is 8. The summed E-state index contributed by atoms with van der Waals surface area (Å²) in [7, 11) is 0. The maximum absolute atomic E-state index is 14.3. The van der Waals surface area contributed by atoms with Crippen LogP contribution in [-0.2, 0) is 6.42 Å². The van der Waals surface area contributed by atoms with Crippen molar-refractivity contribution < 1.29 is 4.39 Å². The summed E-state index contributed by atoms with van der Waals surface area (Å²) < 4.78 is 16.2. The predicted octanol–water partition coefficient (Wildman–Crippen LogP) is 5.74. The Morgan fingerprint density at radius 2 is 1.55 bits per heavy atom. The van der Waals surface area contributed by atoms with Gasteiger partial charge in [0.05, 0.1) is 17.6 Å². The van der Waals surface area contributed by atoms with Crippen LogP contribution in [0.2, 0.25) is 0 Å². The van der Waals surface area contributed by atoms with Crippen LogP contribution in [0.25, 0.3) is 16.9 Å². The fourth-order valence-electron chi connectivity index (χ4n) is 3.69. The molecule has 2 aromatic heterocycles. The number of aromatic nitrogens is 4. The van der Waals surface area contributed by atoms with Gasteiger partial charge >= 0.3 is 0 Å². The second kappa shape index (κ2) is 9.48. The minimum atomic E-state index is -0.351. The Kier molecular flexibility index (Phi) is 5.93. The highest BCUT2D eigenvalue weighted by molar-refractivity contribution is 5.79. The molecule has 3 aromatic carbocycles. The van der Waals surface area contributed by atoms with E-state index in [0.29, 0.717) is 28.7 Å². The van der Waals surface area contributed by atoms with Crippen LogP contribution in [0.1, 0.15) is 12.0 Å². The van der Waals surface area contributed by atoms with Gasteiger partial charge in [-0.25, -0.2) is 14.4 Å². The Morgan fingerprint density at radius 1 is 0.818 bits per heavy atom. The first-order chi connectivity index (χ1) is 16.3. The van der Waals surface area contributed by atoms with Crippen molar-refractivity contribution in [2.75, 3.05) is 17.2 Å². The van der Waals surface area contributed by atoms with Gasteiger partial charge in [-0.15, -0.1) is 0 Å². The summed E-state index contributed by atoms with van der Waals surface area (Å²) in [6.45, 7) is 0.750. The number of fused-ring (bicyclic) bond motifs is 1. The quantitative estimate of drug-likeness (QED) is 0.302. The molecular formula is C26H23FN6. The lowest BCUT2D eigenvalue weighted by molar-refractivity contribution is 0.631. The summed E-state index contributed by atoms with van der Waals surface area (Å²) >= 11 is 0. The van der Waals surface area contributed by atoms with Gasteiger partial charge in [-0.1, -0.05) is 60.7 Å². The van der Waals surface area contributed by atoms with Gasteiger partial charge < -0.3 is 10.6 Å². The molecule has 0 saturated carbocycles. The number of para-hydroxylation sites is 2. The van der Waals surface area contributed by atoms with Gasteiger partial charge in [-0.2, -0.15) is 4.98 Å². The van der Waals surface area contributed by atoms with Crippen molar-refractivity contribution in [3.05, 3.63) is 103 Å². The van der Waals surface area contributed by atoms with Crippen molar-refractivity contribution in [3.8, 4) is 5.69 Å². The van der Waals surface area contributed by atoms with Crippen molar-refractivity contribution in [2.45, 2.75) is 12.8 Å². The first-order valence-corrected chi connectivity index (χ1v) is 10.9. The number of nitrogens with zero attached hydrogens (tertiary/aromatic N) is 4. The fraction of sp³-hybridized carbons (Fsp3) is 0.115. The summed E-state index contributed by atoms with van der Waals surface area (Å²) in [5.74, 6) is 0.651. The Labute approximate surface area is 191 Å². The van der Waals surface area contributed by atoms with Crippen LogP contribution >= 0.6 is 0 Å². The average molecular weight is 439 g/mol. The van der Waals surface area contributed by atoms with Gasteiger partial charge in [0, 0.05) is 6.54 Å². The summed E-state index contributed by atoms with van der Waals surface area (Å²) in [5.41, 5.74) is 3.78. The first kappa shape index (κ1) is 20.6. The number of halogens is 1. The number of anilines is 3. The largest absolute Gasteiger partial charge is 0.354 e. The maximum Gasteiger partial charge on any atom is 0.224 e. The molecule has 0 aliphatic rings. The molecule has 0 aliphatic carbocycles. The molecule has 7 heteroatoms. The van der Waals surface area contributed by atoms with E-state index in [4.69, 9.17) is 4.98 Å². The highest BCUT2D eigenvalue weighted by atomic mass is 19.1. The Hall–Kier alpha value is -4.26. The molecule has 0 aliphatic heterocycles. The second-order valence-electron chi connectivity index (χ2n) is 7.63. The molecule has 0 unspecified atom stereocenters. The van der Waals surface area contributed by atoms with Crippen molar-refractivity contribution in [1.29, 1.82) is 0 Å². The van der Waals surface area contributed by atoms with Crippen molar-refractivity contribution >= 4 is 28.7 Å². The third-order valence-corrected chi connectivity index (χ3v) is 5.30. The van der Waals surface area contributed by atoms with E-state index in [9.17, 15) is 4.39 Å². The summed E-state index contributed by atoms with van der Waals surface area (Å²) in [4.78, 5) is 13.8. The molecule has 33 heavy (non-hydrogen) atoms. The van der Waals surface area contributed by atoms with E-state index >= 15 is 0 Å². The molecule has 164 valence electrons. The third kappa shape index (κ3) is 4.67. The highest BCUT2D eigenvalue weighted by Gasteiger charge is 2.16. The van der Waals surface area contributed by atoms with Gasteiger partial charge in [0.1, 0.15) is 11.3 Å². The van der Waals surface area contributed by atoms with E-state index in [2.05, 4.69) is 44.9 Å². The van der Waals surface area contributed by atoms with Crippen LogP contribution in [0.4, 0.5) is 22.0 Å². The van der Waals surface area contributed by atoms with Crippen LogP contribution in [0.5, 0.6) is 0 Å². The number of hydrogen-bond acceptors (Lipinski definition) is 5. The molecule has 0 amide bonds. The third-order valence-electron chi connectivity index (χ3n) is 5.30. The van der Waals surface area contributed by atoms with Gasteiger partial charge in [-0.05, 0) is 42.7 Å². The van der Waals surface area contributed by atoms with Crippen LogP contribution < -0.4 is 10.6 Å². The molecule has 5 rings (SSSR count). The zero-order valence-electron chi connectivity index (χ0n) is 17.9. The topological polar surface area (TPSA) is 67.7 Å². The molecule has 0 radical (unpaired) electrons. The number of hydrogen-bond donors (Lipinski definition) is 2. The molecule has 0 atom stereocenters.